The predicted molar refractivity (Wildman–Crippen MR) is 104 cm³/mol. The van der Waals surface area contributed by atoms with Crippen molar-refractivity contribution >= 4 is 28.7 Å². The van der Waals surface area contributed by atoms with Gasteiger partial charge in [0.2, 0.25) is 5.91 Å². The van der Waals surface area contributed by atoms with Crippen molar-refractivity contribution in [2.75, 3.05) is 26.0 Å². The van der Waals surface area contributed by atoms with Crippen LogP contribution in [0.4, 0.5) is 0 Å². The van der Waals surface area contributed by atoms with E-state index in [1.807, 2.05) is 12.1 Å². The number of hydrogen-bond donors (Lipinski definition) is 2. The number of nitrogens with zero attached hydrogens (tertiary/aromatic N) is 2. The molecule has 6 nitrogen and oxygen atoms in total. The summed E-state index contributed by atoms with van der Waals surface area (Å²) >= 11 is 1.40. The van der Waals surface area contributed by atoms with E-state index in [1.54, 1.807) is 13.3 Å². The number of pyridine rings is 1. The van der Waals surface area contributed by atoms with Crippen molar-refractivity contribution in [3.8, 4) is 11.4 Å². The number of aromatic amines is 1. The van der Waals surface area contributed by atoms with Crippen LogP contribution in [0.1, 0.15) is 11.1 Å². The van der Waals surface area contributed by atoms with Crippen molar-refractivity contribution in [2.45, 2.75) is 18.9 Å². The van der Waals surface area contributed by atoms with Crippen LogP contribution in [0.25, 0.3) is 22.4 Å². The summed E-state index contributed by atoms with van der Waals surface area (Å²) < 4.78 is 4.90. The zero-order chi connectivity index (χ0) is 18.5. The highest BCUT2D eigenvalue weighted by molar-refractivity contribution is 7.99. The third-order valence-corrected chi connectivity index (χ3v) is 5.03. The van der Waals surface area contributed by atoms with Gasteiger partial charge in [-0.1, -0.05) is 11.8 Å². The highest BCUT2D eigenvalue weighted by Gasteiger charge is 2.08. The number of rotatable bonds is 7. The lowest BCUT2D eigenvalue weighted by Crippen LogP contribution is -2.28. The first-order valence-corrected chi connectivity index (χ1v) is 9.37. The zero-order valence-electron chi connectivity index (χ0n) is 15.1. The van der Waals surface area contributed by atoms with Crippen molar-refractivity contribution in [1.29, 1.82) is 0 Å². The summed E-state index contributed by atoms with van der Waals surface area (Å²) in [7, 11) is 1.61. The van der Waals surface area contributed by atoms with E-state index in [0.717, 1.165) is 27.4 Å². The van der Waals surface area contributed by atoms with Gasteiger partial charge in [0.1, 0.15) is 5.82 Å². The van der Waals surface area contributed by atoms with E-state index in [0.29, 0.717) is 18.9 Å². The molecule has 0 saturated carbocycles. The maximum Gasteiger partial charge on any atom is 0.230 e. The number of benzene rings is 1. The summed E-state index contributed by atoms with van der Waals surface area (Å²) in [6, 6.07) is 8.08. The number of ether oxygens (including phenoxy) is 1. The normalized spacial score (nSPS) is 11.0. The molecule has 0 bridgehead atoms. The first-order chi connectivity index (χ1) is 12.6. The van der Waals surface area contributed by atoms with Gasteiger partial charge in [-0.2, -0.15) is 0 Å². The number of fused-ring (bicyclic) bond motifs is 1. The summed E-state index contributed by atoms with van der Waals surface area (Å²) in [4.78, 5) is 24.1. The summed E-state index contributed by atoms with van der Waals surface area (Å²) in [5, 5.41) is 3.59. The second-order valence-corrected chi connectivity index (χ2v) is 7.05. The summed E-state index contributed by atoms with van der Waals surface area (Å²) in [6.07, 6.45) is 1.78. The van der Waals surface area contributed by atoms with Crippen LogP contribution < -0.4 is 5.32 Å². The Bertz CT molecular complexity index is 867. The lowest BCUT2D eigenvalue weighted by molar-refractivity contribution is -0.118. The molecule has 0 aliphatic rings. The minimum Gasteiger partial charge on any atom is -0.383 e. The Labute approximate surface area is 156 Å². The largest absolute Gasteiger partial charge is 0.383 e. The van der Waals surface area contributed by atoms with Gasteiger partial charge in [-0.25, -0.2) is 9.97 Å². The lowest BCUT2D eigenvalue weighted by Gasteiger charge is -2.04. The molecule has 0 spiro atoms. The fraction of sp³-hybridized carbons (Fsp3) is 0.316. The van der Waals surface area contributed by atoms with E-state index < -0.39 is 0 Å². The van der Waals surface area contributed by atoms with Crippen molar-refractivity contribution in [3.05, 3.63) is 41.6 Å². The monoisotopic (exact) mass is 370 g/mol. The Morgan fingerprint density at radius 2 is 2.08 bits per heavy atom. The Morgan fingerprint density at radius 1 is 1.27 bits per heavy atom. The fourth-order valence-electron chi connectivity index (χ4n) is 2.50. The number of carbonyl (C=O) groups is 1. The van der Waals surface area contributed by atoms with Gasteiger partial charge in [0.05, 0.1) is 28.4 Å². The average molecular weight is 370 g/mol. The van der Waals surface area contributed by atoms with Gasteiger partial charge in [0.15, 0.2) is 0 Å². The molecule has 2 N–H and O–H groups in total. The molecule has 0 saturated heterocycles. The molecular weight excluding hydrogens is 348 g/mol. The molecule has 1 aromatic carbocycles. The van der Waals surface area contributed by atoms with Gasteiger partial charge >= 0.3 is 0 Å². The van der Waals surface area contributed by atoms with Gasteiger partial charge in [0.25, 0.3) is 0 Å². The molecule has 0 aliphatic heterocycles. The number of nitrogens with one attached hydrogen (secondary N) is 2. The van der Waals surface area contributed by atoms with Gasteiger partial charge in [-0.05, 0) is 49.2 Å². The van der Waals surface area contributed by atoms with E-state index in [4.69, 9.17) is 4.74 Å². The van der Waals surface area contributed by atoms with E-state index in [2.05, 4.69) is 46.2 Å². The van der Waals surface area contributed by atoms with Crippen LogP contribution in [0, 0.1) is 13.8 Å². The molecule has 0 unspecified atom stereocenters. The number of H-pyrrole nitrogens is 1. The number of thioether (sulfide) groups is 1. The lowest BCUT2D eigenvalue weighted by atomic mass is 10.1. The first kappa shape index (κ1) is 18.4. The zero-order valence-corrected chi connectivity index (χ0v) is 15.9. The van der Waals surface area contributed by atoms with E-state index >= 15 is 0 Å². The Kier molecular flexibility index (Phi) is 5.90. The summed E-state index contributed by atoms with van der Waals surface area (Å²) in [6.45, 7) is 5.21. The molecule has 0 radical (unpaired) electrons. The number of imidazole rings is 1. The standard InChI is InChI=1S/C19H22N4O2S/c1-12-8-15-16(9-13(12)2)23-19(22-15)14-4-5-18(21-10-14)26-11-17(24)20-6-7-25-3/h4-5,8-10H,6-7,11H2,1-3H3,(H,20,24)(H,22,23). The number of carbonyl (C=O) groups excluding carboxylic acids is 1. The number of amides is 1. The van der Waals surface area contributed by atoms with Crippen LogP contribution in [0.2, 0.25) is 0 Å². The topological polar surface area (TPSA) is 79.9 Å². The average Bonchev–Trinajstić information content (AvgIpc) is 3.04. The van der Waals surface area contributed by atoms with Crippen LogP contribution in [0.15, 0.2) is 35.5 Å². The van der Waals surface area contributed by atoms with Crippen LogP contribution >= 0.6 is 11.8 Å². The van der Waals surface area contributed by atoms with Gasteiger partial charge < -0.3 is 15.0 Å². The highest BCUT2D eigenvalue weighted by atomic mass is 32.2. The van der Waals surface area contributed by atoms with Crippen LogP contribution in [0.5, 0.6) is 0 Å². The summed E-state index contributed by atoms with van der Waals surface area (Å²) in [5.41, 5.74) is 5.36. The Morgan fingerprint density at radius 3 is 2.81 bits per heavy atom. The SMILES string of the molecule is COCCNC(=O)CSc1ccc(-c2nc3cc(C)c(C)cc3[nH]2)cn1. The van der Waals surface area contributed by atoms with Crippen molar-refractivity contribution in [1.82, 2.24) is 20.3 Å². The number of aryl methyl sites for hydroxylation is 2. The van der Waals surface area contributed by atoms with Crippen molar-refractivity contribution < 1.29 is 9.53 Å². The molecule has 3 rings (SSSR count). The molecule has 2 aromatic heterocycles. The predicted octanol–water partition coefficient (Wildman–Crippen LogP) is 3.10. The second kappa shape index (κ2) is 8.33. The van der Waals surface area contributed by atoms with E-state index in [1.165, 1.54) is 22.9 Å². The number of hydrogen-bond acceptors (Lipinski definition) is 5. The van der Waals surface area contributed by atoms with E-state index in [-0.39, 0.29) is 5.91 Å². The minimum atomic E-state index is -0.0269. The van der Waals surface area contributed by atoms with E-state index in [9.17, 15) is 4.79 Å². The van der Waals surface area contributed by atoms with Gasteiger partial charge in [-0.15, -0.1) is 0 Å². The minimum absolute atomic E-state index is 0.0269. The summed E-state index contributed by atoms with van der Waals surface area (Å²) in [5.74, 6) is 1.10. The van der Waals surface area contributed by atoms with Crippen molar-refractivity contribution in [3.63, 3.8) is 0 Å². The van der Waals surface area contributed by atoms with Crippen LogP contribution in [-0.4, -0.2) is 46.9 Å². The third kappa shape index (κ3) is 4.42. The highest BCUT2D eigenvalue weighted by Crippen LogP contribution is 2.24. The Hall–Kier alpha value is -2.38. The van der Waals surface area contributed by atoms with Gasteiger partial charge in [0, 0.05) is 25.4 Å². The van der Waals surface area contributed by atoms with Crippen LogP contribution in [-0.2, 0) is 9.53 Å². The maximum atomic E-state index is 11.7. The fourth-order valence-corrected chi connectivity index (χ4v) is 3.17. The quantitative estimate of drug-likeness (QED) is 0.493. The number of methoxy groups -OCH3 is 1. The molecule has 26 heavy (non-hydrogen) atoms. The van der Waals surface area contributed by atoms with Crippen LogP contribution in [0.3, 0.4) is 0 Å². The van der Waals surface area contributed by atoms with Gasteiger partial charge in [-0.3, -0.25) is 4.79 Å². The molecule has 0 aliphatic carbocycles. The molecule has 0 fully saturated rings. The molecule has 0 atom stereocenters. The second-order valence-electron chi connectivity index (χ2n) is 6.06. The molecule has 1 amide bonds. The smallest absolute Gasteiger partial charge is 0.230 e. The molecular formula is C19H22N4O2S. The van der Waals surface area contributed by atoms with Crippen molar-refractivity contribution in [2.24, 2.45) is 0 Å². The molecule has 3 aromatic rings. The molecule has 7 heteroatoms. The molecule has 136 valence electrons. The number of aromatic nitrogens is 3. The Balaban J connectivity index is 1.65. The third-order valence-electron chi connectivity index (χ3n) is 4.09. The molecule has 2 heterocycles. The maximum absolute atomic E-state index is 11.7. The first-order valence-electron chi connectivity index (χ1n) is 8.38.